The topological polar surface area (TPSA) is 144 Å². The molecule has 0 aliphatic carbocycles. The Morgan fingerprint density at radius 3 is 2.41 bits per heavy atom. The van der Waals surface area contributed by atoms with Crippen LogP contribution in [0.1, 0.15) is 30.0 Å². The van der Waals surface area contributed by atoms with Crippen LogP contribution in [0.2, 0.25) is 0 Å². The number of ether oxygens (including phenoxy) is 1. The first-order chi connectivity index (χ1) is 26.1. The predicted octanol–water partition coefficient (Wildman–Crippen LogP) is 5.54. The second kappa shape index (κ2) is 14.2. The summed E-state index contributed by atoms with van der Waals surface area (Å²) in [5, 5.41) is 6.07. The monoisotopic (exact) mass is 744 g/mol. The molecule has 1 unspecified atom stereocenters. The van der Waals surface area contributed by atoms with Gasteiger partial charge in [-0.05, 0) is 70.5 Å². The molecule has 1 atom stereocenters. The number of piperidine rings is 1. The lowest BCUT2D eigenvalue weighted by Gasteiger charge is -2.21. The van der Waals surface area contributed by atoms with Crippen molar-refractivity contribution >= 4 is 68.9 Å². The second-order valence-electron chi connectivity index (χ2n) is 13.2. The Bertz CT molecular complexity index is 2550. The van der Waals surface area contributed by atoms with Gasteiger partial charge in [-0.25, -0.2) is 9.18 Å². The maximum atomic E-state index is 16.1. The van der Waals surface area contributed by atoms with Gasteiger partial charge in [0, 0.05) is 24.5 Å². The lowest BCUT2D eigenvalue weighted by molar-refractivity contribution is -0.135. The molecule has 272 valence electrons. The standard InChI is InChI=1S/C40H33FN6O6S/c1-45-32-19-26(11-14-30(32)47(40(45)52)31-15-16-34(48)43-39(31)51)25-9-7-23(8-10-25)17-35(49)42-28-12-13-29-27(18-28)20-33(53-22-24-5-3-2-4-6-24)38(37(29)41)46-21-36(50)44-54-46/h2-14,18-20,31H,15-17,21-22H2,1H3,(H,42,49)(H,44,50)(H,43,48,51). The number of halogens is 1. The van der Waals surface area contributed by atoms with Gasteiger partial charge < -0.3 is 10.1 Å². The summed E-state index contributed by atoms with van der Waals surface area (Å²) in [5.41, 5.74) is 4.94. The van der Waals surface area contributed by atoms with Crippen LogP contribution in [-0.2, 0) is 39.3 Å². The minimum Gasteiger partial charge on any atom is -0.487 e. The minimum atomic E-state index is -0.764. The normalized spacial score (nSPS) is 15.8. The first-order valence-electron chi connectivity index (χ1n) is 17.2. The van der Waals surface area contributed by atoms with Gasteiger partial charge in [0.15, 0.2) is 5.82 Å². The van der Waals surface area contributed by atoms with E-state index in [1.165, 1.54) is 13.4 Å². The van der Waals surface area contributed by atoms with Gasteiger partial charge in [-0.3, -0.25) is 42.7 Å². The van der Waals surface area contributed by atoms with Crippen LogP contribution in [0, 0.1) is 5.82 Å². The molecular formula is C40H33FN6O6S. The van der Waals surface area contributed by atoms with Crippen LogP contribution in [0.15, 0.2) is 102 Å². The summed E-state index contributed by atoms with van der Waals surface area (Å²) < 4.78 is 29.3. The molecule has 8 rings (SSSR count). The van der Waals surface area contributed by atoms with Crippen molar-refractivity contribution in [1.82, 2.24) is 19.2 Å². The Kier molecular flexibility index (Phi) is 9.11. The molecule has 4 amide bonds. The Hall–Kier alpha value is -6.41. The van der Waals surface area contributed by atoms with Crippen LogP contribution < -0.4 is 30.1 Å². The van der Waals surface area contributed by atoms with Crippen molar-refractivity contribution in [1.29, 1.82) is 0 Å². The zero-order chi connectivity index (χ0) is 37.5. The Labute approximate surface area is 312 Å². The van der Waals surface area contributed by atoms with Gasteiger partial charge in [0.1, 0.15) is 30.6 Å². The van der Waals surface area contributed by atoms with Gasteiger partial charge in [-0.1, -0.05) is 60.7 Å². The molecule has 2 fully saturated rings. The first kappa shape index (κ1) is 34.7. The molecule has 5 aromatic carbocycles. The highest BCUT2D eigenvalue weighted by atomic mass is 32.2. The fourth-order valence-corrected chi connectivity index (χ4v) is 7.61. The Morgan fingerprint density at radius 2 is 1.67 bits per heavy atom. The lowest BCUT2D eigenvalue weighted by atomic mass is 10.0. The molecule has 0 radical (unpaired) electrons. The van der Waals surface area contributed by atoms with Gasteiger partial charge in [0.25, 0.3) is 5.91 Å². The fourth-order valence-electron chi connectivity index (χ4n) is 6.89. The van der Waals surface area contributed by atoms with E-state index >= 15 is 4.39 Å². The summed E-state index contributed by atoms with van der Waals surface area (Å²) in [6, 6.07) is 28.4. The van der Waals surface area contributed by atoms with Crippen LogP contribution in [0.5, 0.6) is 5.75 Å². The average molecular weight is 745 g/mol. The van der Waals surface area contributed by atoms with Crippen molar-refractivity contribution in [3.63, 3.8) is 0 Å². The van der Waals surface area contributed by atoms with E-state index in [1.807, 2.05) is 66.7 Å². The number of aryl methyl sites for hydroxylation is 1. The molecule has 6 aromatic rings. The quantitative estimate of drug-likeness (QED) is 0.130. The van der Waals surface area contributed by atoms with Crippen molar-refractivity contribution in [2.24, 2.45) is 7.05 Å². The largest absolute Gasteiger partial charge is 0.487 e. The number of carbonyl (C=O) groups excluding carboxylic acids is 4. The number of fused-ring (bicyclic) bond motifs is 2. The molecule has 3 N–H and O–H groups in total. The average Bonchev–Trinajstić information content (AvgIpc) is 3.70. The smallest absolute Gasteiger partial charge is 0.329 e. The highest BCUT2D eigenvalue weighted by Gasteiger charge is 2.31. The van der Waals surface area contributed by atoms with Crippen molar-refractivity contribution in [3.05, 3.63) is 124 Å². The summed E-state index contributed by atoms with van der Waals surface area (Å²) in [6.45, 7) is 0.168. The highest BCUT2D eigenvalue weighted by molar-refractivity contribution is 7.99. The van der Waals surface area contributed by atoms with E-state index in [1.54, 1.807) is 37.4 Å². The minimum absolute atomic E-state index is 0.0270. The first-order valence-corrected chi connectivity index (χ1v) is 18.0. The van der Waals surface area contributed by atoms with E-state index in [9.17, 15) is 24.0 Å². The van der Waals surface area contributed by atoms with Crippen LogP contribution in [0.4, 0.5) is 15.8 Å². The number of hydrogen-bond donors (Lipinski definition) is 3. The van der Waals surface area contributed by atoms with Gasteiger partial charge in [-0.2, -0.15) is 0 Å². The molecular weight excluding hydrogens is 712 g/mol. The van der Waals surface area contributed by atoms with Gasteiger partial charge >= 0.3 is 5.69 Å². The number of amides is 4. The van der Waals surface area contributed by atoms with E-state index < -0.39 is 17.8 Å². The number of imide groups is 1. The van der Waals surface area contributed by atoms with Crippen LogP contribution in [-0.4, -0.2) is 39.3 Å². The van der Waals surface area contributed by atoms with E-state index in [4.69, 9.17) is 4.74 Å². The molecule has 2 aliphatic heterocycles. The number of rotatable bonds is 9. The number of benzene rings is 5. The number of hydrogen-bond acceptors (Lipinski definition) is 8. The molecule has 14 heteroatoms. The third kappa shape index (κ3) is 6.67. The van der Waals surface area contributed by atoms with Crippen molar-refractivity contribution in [3.8, 4) is 16.9 Å². The summed E-state index contributed by atoms with van der Waals surface area (Å²) >= 11 is 1.00. The predicted molar refractivity (Wildman–Crippen MR) is 204 cm³/mol. The SMILES string of the molecule is Cn1c(=O)n(C2CCC(=O)NC2=O)c2ccc(-c3ccc(CC(=O)Nc4ccc5c(F)c(N6CC(=O)NS6)c(OCc6ccccc6)cc5c4)cc3)cc21. The zero-order valence-electron chi connectivity index (χ0n) is 28.9. The number of nitrogens with zero attached hydrogens (tertiary/aromatic N) is 3. The number of aromatic nitrogens is 2. The molecule has 0 spiro atoms. The maximum Gasteiger partial charge on any atom is 0.329 e. The van der Waals surface area contributed by atoms with Gasteiger partial charge in [0.05, 0.1) is 29.6 Å². The number of nitrogens with one attached hydrogen (secondary N) is 3. The van der Waals surface area contributed by atoms with Crippen LogP contribution in [0.25, 0.3) is 32.9 Å². The lowest BCUT2D eigenvalue weighted by Crippen LogP contribution is -2.44. The summed E-state index contributed by atoms with van der Waals surface area (Å²) in [4.78, 5) is 62.5. The summed E-state index contributed by atoms with van der Waals surface area (Å²) in [7, 11) is 1.65. The van der Waals surface area contributed by atoms with E-state index in [-0.39, 0.29) is 67.3 Å². The third-order valence-electron chi connectivity index (χ3n) is 9.61. The van der Waals surface area contributed by atoms with Gasteiger partial charge in [-0.15, -0.1) is 0 Å². The van der Waals surface area contributed by atoms with Crippen molar-refractivity contribution in [2.75, 3.05) is 16.2 Å². The molecule has 54 heavy (non-hydrogen) atoms. The van der Waals surface area contributed by atoms with Crippen LogP contribution in [0.3, 0.4) is 0 Å². The highest BCUT2D eigenvalue weighted by Crippen LogP contribution is 2.41. The molecule has 3 heterocycles. The summed E-state index contributed by atoms with van der Waals surface area (Å²) in [5.74, 6) is -1.60. The zero-order valence-corrected chi connectivity index (χ0v) is 29.7. The number of imidazole rings is 1. The molecule has 0 saturated carbocycles. The summed E-state index contributed by atoms with van der Waals surface area (Å²) in [6.07, 6.45) is 0.511. The Balaban J connectivity index is 0.986. The van der Waals surface area contributed by atoms with E-state index in [0.717, 1.165) is 34.4 Å². The second-order valence-corrected chi connectivity index (χ2v) is 14.0. The fraction of sp³-hybridized carbons (Fsp3) is 0.175. The molecule has 12 nitrogen and oxygen atoms in total. The molecule has 0 bridgehead atoms. The maximum absolute atomic E-state index is 16.1. The van der Waals surface area contributed by atoms with Crippen molar-refractivity contribution < 1.29 is 28.3 Å². The van der Waals surface area contributed by atoms with Crippen molar-refractivity contribution in [2.45, 2.75) is 31.9 Å². The number of anilines is 2. The third-order valence-corrected chi connectivity index (χ3v) is 10.5. The molecule has 1 aromatic heterocycles. The molecule has 2 aliphatic rings. The molecule has 2 saturated heterocycles. The van der Waals surface area contributed by atoms with E-state index in [2.05, 4.69) is 15.4 Å². The van der Waals surface area contributed by atoms with Gasteiger partial charge in [0.2, 0.25) is 17.7 Å². The number of carbonyl (C=O) groups is 4. The Morgan fingerprint density at radius 1 is 0.889 bits per heavy atom. The van der Waals surface area contributed by atoms with Crippen LogP contribution >= 0.6 is 12.1 Å². The van der Waals surface area contributed by atoms with E-state index in [0.29, 0.717) is 27.5 Å².